The first kappa shape index (κ1) is 29.2. The summed E-state index contributed by atoms with van der Waals surface area (Å²) >= 11 is 0. The van der Waals surface area contributed by atoms with Crippen molar-refractivity contribution in [1.29, 1.82) is 0 Å². The van der Waals surface area contributed by atoms with Crippen LogP contribution < -0.4 is 10.6 Å². The molecule has 0 unspecified atom stereocenters. The number of alkyl halides is 2. The third-order valence-electron chi connectivity index (χ3n) is 7.10. The minimum Gasteiger partial charge on any atom is -0.416 e. The Bertz CT molecular complexity index is 1550. The topological polar surface area (TPSA) is 147 Å². The first-order chi connectivity index (χ1) is 20.0. The number of rotatable bonds is 9. The van der Waals surface area contributed by atoms with Crippen LogP contribution in [0, 0.1) is 0 Å². The highest BCUT2D eigenvalue weighted by Crippen LogP contribution is 2.32. The number of aliphatic hydroxyl groups is 1. The van der Waals surface area contributed by atoms with Crippen LogP contribution in [0.2, 0.25) is 0 Å². The molecule has 1 aromatic carbocycles. The van der Waals surface area contributed by atoms with Crippen LogP contribution >= 0.6 is 0 Å². The van der Waals surface area contributed by atoms with E-state index in [1.807, 2.05) is 37.5 Å². The summed E-state index contributed by atoms with van der Waals surface area (Å²) in [7, 11) is 1.82. The van der Waals surface area contributed by atoms with Gasteiger partial charge >= 0.3 is 11.8 Å². The lowest BCUT2D eigenvalue weighted by atomic mass is 9.94. The molecule has 0 radical (unpaired) electrons. The molecule has 3 aromatic heterocycles. The van der Waals surface area contributed by atoms with E-state index in [1.54, 1.807) is 24.0 Å². The van der Waals surface area contributed by atoms with Gasteiger partial charge in [-0.15, -0.1) is 10.2 Å². The highest BCUT2D eigenvalue weighted by molar-refractivity contribution is 5.89. The zero-order chi connectivity index (χ0) is 30.0. The van der Waals surface area contributed by atoms with E-state index in [4.69, 9.17) is 4.42 Å². The molecule has 4 heterocycles. The predicted molar refractivity (Wildman–Crippen MR) is 149 cm³/mol. The van der Waals surface area contributed by atoms with E-state index in [0.717, 1.165) is 22.4 Å². The van der Waals surface area contributed by atoms with Gasteiger partial charge < -0.3 is 20.2 Å². The van der Waals surface area contributed by atoms with Crippen molar-refractivity contribution < 1.29 is 23.1 Å². The lowest BCUT2D eigenvalue weighted by Gasteiger charge is -2.22. The fourth-order valence-corrected chi connectivity index (χ4v) is 4.79. The molecule has 0 saturated carbocycles. The summed E-state index contributed by atoms with van der Waals surface area (Å²) in [4.78, 5) is 24.2. The second kappa shape index (κ2) is 11.9. The summed E-state index contributed by atoms with van der Waals surface area (Å²) in [6.45, 7) is 5.87. The van der Waals surface area contributed by atoms with Crippen molar-refractivity contribution in [2.45, 2.75) is 57.7 Å². The van der Waals surface area contributed by atoms with Gasteiger partial charge in [-0.05, 0) is 50.5 Å². The van der Waals surface area contributed by atoms with Gasteiger partial charge in [0.15, 0.2) is 0 Å². The summed E-state index contributed by atoms with van der Waals surface area (Å²) in [6, 6.07) is 7.27. The number of anilines is 2. The lowest BCUT2D eigenvalue weighted by molar-refractivity contribution is 0.0527. The van der Waals surface area contributed by atoms with Crippen LogP contribution in [-0.4, -0.2) is 71.5 Å². The number of nitrogens with zero attached hydrogens (tertiary/aromatic N) is 7. The van der Waals surface area contributed by atoms with E-state index in [9.17, 15) is 18.7 Å². The molecular weight excluding hydrogens is 548 g/mol. The zero-order valence-electron chi connectivity index (χ0n) is 23.8. The first-order valence-electron chi connectivity index (χ1n) is 13.5. The highest BCUT2D eigenvalue weighted by atomic mass is 19.3. The largest absolute Gasteiger partial charge is 0.416 e. The highest BCUT2D eigenvalue weighted by Gasteiger charge is 2.38. The normalized spacial score (nSPS) is 16.6. The summed E-state index contributed by atoms with van der Waals surface area (Å²) in [5.74, 6) is -0.912. The van der Waals surface area contributed by atoms with Crippen LogP contribution in [0.25, 0.3) is 11.3 Å². The number of amides is 1. The average molecular weight is 582 g/mol. The number of nitrogens with one attached hydrogen (secondary N) is 2. The number of aromatic nitrogens is 6. The van der Waals surface area contributed by atoms with Crippen molar-refractivity contribution in [3.05, 3.63) is 65.8 Å². The molecule has 0 spiro atoms. The summed E-state index contributed by atoms with van der Waals surface area (Å²) in [5, 5.41) is 27.7. The number of benzene rings is 1. The van der Waals surface area contributed by atoms with Gasteiger partial charge in [-0.3, -0.25) is 14.4 Å². The van der Waals surface area contributed by atoms with E-state index >= 15 is 0 Å². The van der Waals surface area contributed by atoms with Crippen LogP contribution in [0.15, 0.2) is 47.3 Å². The van der Waals surface area contributed by atoms with Crippen LogP contribution in [0.3, 0.4) is 0 Å². The number of hydrogen-bond acceptors (Lipinski definition) is 10. The van der Waals surface area contributed by atoms with Crippen LogP contribution in [0.5, 0.6) is 0 Å². The molecule has 4 aromatic rings. The number of halogens is 2. The Labute approximate surface area is 241 Å². The molecule has 222 valence electrons. The monoisotopic (exact) mass is 581 g/mol. The Morgan fingerprint density at radius 3 is 2.79 bits per heavy atom. The van der Waals surface area contributed by atoms with E-state index in [2.05, 4.69) is 40.8 Å². The average Bonchev–Trinajstić information content (AvgIpc) is 3.57. The minimum atomic E-state index is -2.74. The van der Waals surface area contributed by atoms with Crippen molar-refractivity contribution in [2.24, 2.45) is 7.05 Å². The Balaban J connectivity index is 1.41. The molecule has 1 amide bonds. The predicted octanol–water partition coefficient (Wildman–Crippen LogP) is 3.60. The van der Waals surface area contributed by atoms with E-state index in [-0.39, 0.29) is 11.8 Å². The Morgan fingerprint density at radius 2 is 2.07 bits per heavy atom. The van der Waals surface area contributed by atoms with Gasteiger partial charge in [-0.1, -0.05) is 12.1 Å². The van der Waals surface area contributed by atoms with Gasteiger partial charge in [0.25, 0.3) is 6.43 Å². The molecule has 1 aliphatic rings. The van der Waals surface area contributed by atoms with Gasteiger partial charge in [0.1, 0.15) is 5.41 Å². The van der Waals surface area contributed by atoms with Gasteiger partial charge in [0, 0.05) is 44.6 Å². The number of aliphatic hydroxyl groups excluding tert-OH is 1. The van der Waals surface area contributed by atoms with E-state index in [1.165, 1.54) is 13.8 Å². The third-order valence-corrected chi connectivity index (χ3v) is 7.10. The van der Waals surface area contributed by atoms with Gasteiger partial charge in [-0.25, -0.2) is 18.7 Å². The smallest absolute Gasteiger partial charge is 0.309 e. The standard InChI is InChI=1S/C28H33F2N9O3/c1-16(40)13-39-10-8-22(34-23(41)24-36-37-26(42-24)28(2,3)25(29)30)20-6-5-17(11-18(20)14-39)21-7-9-31-27(35-21)33-19-12-32-38(4)15-19/h5-7,9,11-12,15-16,22,25,40H,8,10,13-14H2,1-4H3,(H,34,41)(H,31,33,35)/t16-,22+/m1/s1. The number of β-amino-alcohol motifs (C(OH)–C–C–N with tert-alkyl or cyclic N) is 1. The van der Waals surface area contributed by atoms with Crippen LogP contribution in [-0.2, 0) is 19.0 Å². The molecular formula is C28H33F2N9O3. The van der Waals surface area contributed by atoms with Crippen molar-refractivity contribution in [3.63, 3.8) is 0 Å². The van der Waals surface area contributed by atoms with Crippen molar-refractivity contribution in [3.8, 4) is 11.3 Å². The second-order valence-corrected chi connectivity index (χ2v) is 11.0. The van der Waals surface area contributed by atoms with Gasteiger partial charge in [-0.2, -0.15) is 5.10 Å². The Kier molecular flexibility index (Phi) is 8.27. The Hall–Kier alpha value is -4.30. The number of carbonyl (C=O) groups excluding carboxylic acids is 1. The molecule has 0 bridgehead atoms. The van der Waals surface area contributed by atoms with Crippen molar-refractivity contribution >= 4 is 17.5 Å². The fraction of sp³-hybridized carbons (Fsp3) is 0.429. The van der Waals surface area contributed by atoms with Gasteiger partial charge in [0.2, 0.25) is 11.8 Å². The van der Waals surface area contributed by atoms with E-state index < -0.39 is 29.9 Å². The quantitative estimate of drug-likeness (QED) is 0.268. The van der Waals surface area contributed by atoms with Crippen LogP contribution in [0.4, 0.5) is 20.4 Å². The van der Waals surface area contributed by atoms with Gasteiger partial charge in [0.05, 0.1) is 29.7 Å². The molecule has 5 rings (SSSR count). The summed E-state index contributed by atoms with van der Waals surface area (Å²) in [6.07, 6.45) is 2.43. The first-order valence-corrected chi connectivity index (χ1v) is 13.5. The molecule has 0 fully saturated rings. The number of carbonyl (C=O) groups is 1. The van der Waals surface area contributed by atoms with Crippen molar-refractivity contribution in [1.82, 2.24) is 40.2 Å². The third kappa shape index (κ3) is 6.44. The molecule has 0 aliphatic carbocycles. The second-order valence-electron chi connectivity index (χ2n) is 11.0. The molecule has 12 nitrogen and oxygen atoms in total. The zero-order valence-corrected chi connectivity index (χ0v) is 23.8. The SMILES string of the molecule is C[C@@H](O)CN1CC[C@H](NC(=O)c2nnc(C(C)(C)C(F)F)o2)c2ccc(-c3ccnc(Nc4cnn(C)c4)n3)cc2C1. The maximum atomic E-state index is 13.4. The maximum absolute atomic E-state index is 13.4. The number of fused-ring (bicyclic) bond motifs is 1. The fourth-order valence-electron chi connectivity index (χ4n) is 4.79. The number of hydrogen-bond donors (Lipinski definition) is 3. The molecule has 14 heteroatoms. The van der Waals surface area contributed by atoms with Crippen LogP contribution in [0.1, 0.15) is 60.9 Å². The van der Waals surface area contributed by atoms with E-state index in [0.29, 0.717) is 37.7 Å². The molecule has 42 heavy (non-hydrogen) atoms. The summed E-state index contributed by atoms with van der Waals surface area (Å²) < 4.78 is 33.9. The molecule has 3 N–H and O–H groups in total. The van der Waals surface area contributed by atoms with Crippen molar-refractivity contribution in [2.75, 3.05) is 18.4 Å². The molecule has 1 aliphatic heterocycles. The summed E-state index contributed by atoms with van der Waals surface area (Å²) in [5.41, 5.74) is 2.45. The lowest BCUT2D eigenvalue weighted by Crippen LogP contribution is -2.32. The minimum absolute atomic E-state index is 0.307. The molecule has 0 saturated heterocycles. The number of aryl methyl sites for hydroxylation is 1. The Morgan fingerprint density at radius 1 is 1.26 bits per heavy atom. The molecule has 2 atom stereocenters. The maximum Gasteiger partial charge on any atom is 0.309 e.